The molecule has 218 valence electrons. The second-order valence-corrected chi connectivity index (χ2v) is 11.2. The summed E-state index contributed by atoms with van der Waals surface area (Å²) in [6, 6.07) is 6.68. The molecule has 1 aromatic heterocycles. The number of carbonyl (C=O) groups is 1. The van der Waals surface area contributed by atoms with E-state index in [4.69, 9.17) is 19.2 Å². The molecule has 2 atom stereocenters. The van der Waals surface area contributed by atoms with Crippen LogP contribution in [0.4, 0.5) is 10.2 Å². The van der Waals surface area contributed by atoms with Gasteiger partial charge in [0, 0.05) is 50.7 Å². The Bertz CT molecular complexity index is 1160. The highest BCUT2D eigenvalue weighted by Crippen LogP contribution is 2.38. The van der Waals surface area contributed by atoms with Gasteiger partial charge in [-0.25, -0.2) is 9.37 Å². The van der Waals surface area contributed by atoms with E-state index in [1.807, 2.05) is 11.0 Å². The Labute approximate surface area is 236 Å². The minimum Gasteiger partial charge on any atom is -0.493 e. The van der Waals surface area contributed by atoms with Gasteiger partial charge in [-0.1, -0.05) is 12.5 Å². The number of nitrogens with zero attached hydrogens (tertiary/aromatic N) is 2. The monoisotopic (exact) mass is 555 g/mol. The van der Waals surface area contributed by atoms with Gasteiger partial charge < -0.3 is 24.6 Å². The summed E-state index contributed by atoms with van der Waals surface area (Å²) < 4.78 is 32.1. The summed E-state index contributed by atoms with van der Waals surface area (Å²) in [7, 11) is 1.39. The number of methoxy groups -OCH3 is 1. The predicted octanol–water partition coefficient (Wildman–Crippen LogP) is 5.11. The number of ether oxygens (including phenoxy) is 3. The van der Waals surface area contributed by atoms with Gasteiger partial charge in [0.05, 0.1) is 13.2 Å². The molecule has 3 aliphatic rings. The molecule has 2 N–H and O–H groups in total. The number of unbranched alkanes of at least 4 members (excludes halogenated alkanes) is 2. The number of benzene rings is 1. The fourth-order valence-electron chi connectivity index (χ4n) is 6.28. The van der Waals surface area contributed by atoms with Gasteiger partial charge in [-0.05, 0) is 86.6 Å². The lowest BCUT2D eigenvalue weighted by Gasteiger charge is -2.28. The van der Waals surface area contributed by atoms with Gasteiger partial charge in [0.2, 0.25) is 0 Å². The van der Waals surface area contributed by atoms with E-state index in [0.29, 0.717) is 38.5 Å². The number of hydrogen-bond acceptors (Lipinski definition) is 7. The van der Waals surface area contributed by atoms with Crippen molar-refractivity contribution in [1.82, 2.24) is 9.88 Å². The summed E-state index contributed by atoms with van der Waals surface area (Å²) in [5, 5.41) is 13.6. The minimum atomic E-state index is -1.01. The second kappa shape index (κ2) is 13.7. The van der Waals surface area contributed by atoms with Gasteiger partial charge in [-0.15, -0.1) is 0 Å². The number of nitrogens with one attached hydrogen (secondary N) is 1. The molecule has 0 aliphatic carbocycles. The van der Waals surface area contributed by atoms with E-state index in [1.54, 1.807) is 0 Å². The van der Waals surface area contributed by atoms with Gasteiger partial charge >= 0.3 is 5.97 Å². The largest absolute Gasteiger partial charge is 0.493 e. The Morgan fingerprint density at radius 2 is 2.08 bits per heavy atom. The molecular formula is C31H42FN3O5. The zero-order valence-electron chi connectivity index (χ0n) is 23.5. The number of pyridine rings is 1. The van der Waals surface area contributed by atoms with E-state index in [1.165, 1.54) is 25.2 Å². The first-order chi connectivity index (χ1) is 19.5. The lowest BCUT2D eigenvalue weighted by atomic mass is 9.89. The maximum atomic E-state index is 15.1. The summed E-state index contributed by atoms with van der Waals surface area (Å²) in [6.45, 7) is 3.97. The molecule has 1 aromatic carbocycles. The van der Waals surface area contributed by atoms with Crippen molar-refractivity contribution in [2.24, 2.45) is 0 Å². The highest BCUT2D eigenvalue weighted by atomic mass is 19.1. The Hall–Kier alpha value is -2.75. The van der Waals surface area contributed by atoms with Crippen LogP contribution in [0.25, 0.3) is 0 Å². The SMILES string of the molecule is COc1c(F)cc(C2CCOCC2)cc1[C@@H](C(=O)O)N1CC[C@@H](OCCCCCc2ccc3c(n2)NCCC3)C1. The fraction of sp³-hybridized carbons (Fsp3) is 0.613. The Morgan fingerprint density at radius 1 is 1.23 bits per heavy atom. The quantitative estimate of drug-likeness (QED) is 0.349. The molecule has 8 nitrogen and oxygen atoms in total. The number of aryl methyl sites for hydroxylation is 2. The van der Waals surface area contributed by atoms with Crippen LogP contribution >= 0.6 is 0 Å². The lowest BCUT2D eigenvalue weighted by molar-refractivity contribution is -0.143. The van der Waals surface area contributed by atoms with Crippen LogP contribution in [0.5, 0.6) is 5.75 Å². The zero-order chi connectivity index (χ0) is 27.9. The van der Waals surface area contributed by atoms with Gasteiger partial charge in [-0.3, -0.25) is 9.69 Å². The van der Waals surface area contributed by atoms with Crippen molar-refractivity contribution in [3.8, 4) is 5.75 Å². The second-order valence-electron chi connectivity index (χ2n) is 11.2. The smallest absolute Gasteiger partial charge is 0.325 e. The van der Waals surface area contributed by atoms with Crippen molar-refractivity contribution in [2.45, 2.75) is 75.9 Å². The van der Waals surface area contributed by atoms with Crippen LogP contribution in [0.2, 0.25) is 0 Å². The third-order valence-corrected chi connectivity index (χ3v) is 8.44. The number of fused-ring (bicyclic) bond motifs is 1. The zero-order valence-corrected chi connectivity index (χ0v) is 23.5. The number of anilines is 1. The molecule has 3 aliphatic heterocycles. The summed E-state index contributed by atoms with van der Waals surface area (Å²) in [6.07, 6.45) is 8.59. The van der Waals surface area contributed by atoms with Crippen molar-refractivity contribution in [3.05, 3.63) is 52.5 Å². The first-order valence-electron chi connectivity index (χ1n) is 14.8. The molecule has 0 saturated carbocycles. The van der Waals surface area contributed by atoms with E-state index in [0.717, 1.165) is 75.0 Å². The first-order valence-corrected chi connectivity index (χ1v) is 14.8. The number of hydrogen-bond donors (Lipinski definition) is 2. The number of likely N-dealkylation sites (tertiary alicyclic amines) is 1. The lowest BCUT2D eigenvalue weighted by Crippen LogP contribution is -2.34. The summed E-state index contributed by atoms with van der Waals surface area (Å²) in [5.41, 5.74) is 3.64. The molecule has 2 saturated heterocycles. The molecule has 0 radical (unpaired) electrons. The van der Waals surface area contributed by atoms with Crippen molar-refractivity contribution >= 4 is 11.8 Å². The number of aromatic nitrogens is 1. The average molecular weight is 556 g/mol. The van der Waals surface area contributed by atoms with Crippen LogP contribution in [-0.2, 0) is 27.1 Å². The molecule has 2 fully saturated rings. The van der Waals surface area contributed by atoms with E-state index < -0.39 is 17.8 Å². The highest BCUT2D eigenvalue weighted by molar-refractivity contribution is 5.77. The first kappa shape index (κ1) is 28.8. The van der Waals surface area contributed by atoms with Crippen molar-refractivity contribution < 1.29 is 28.5 Å². The van der Waals surface area contributed by atoms with Gasteiger partial charge in [-0.2, -0.15) is 0 Å². The molecule has 0 amide bonds. The van der Waals surface area contributed by atoms with Crippen LogP contribution < -0.4 is 10.1 Å². The Morgan fingerprint density at radius 3 is 2.88 bits per heavy atom. The molecular weight excluding hydrogens is 513 g/mol. The Balaban J connectivity index is 1.12. The van der Waals surface area contributed by atoms with Crippen LogP contribution in [0.1, 0.15) is 79.3 Å². The van der Waals surface area contributed by atoms with Gasteiger partial charge in [0.15, 0.2) is 11.6 Å². The van der Waals surface area contributed by atoms with Crippen LogP contribution in [0, 0.1) is 5.82 Å². The maximum Gasteiger partial charge on any atom is 0.325 e. The summed E-state index contributed by atoms with van der Waals surface area (Å²) in [4.78, 5) is 19.2. The predicted molar refractivity (Wildman–Crippen MR) is 151 cm³/mol. The Kier molecular flexibility index (Phi) is 9.88. The minimum absolute atomic E-state index is 0.0109. The standard InChI is InChI=1S/C31H42FN3O5/c1-38-29-26(18-23(19-27(29)32)21-11-16-39-17-12-21)28(31(36)37)35-14-10-25(20-35)40-15-4-2-3-7-24-9-8-22-6-5-13-33-30(22)34-24/h8-9,18-19,21,25,28H,2-7,10-17,20H2,1H3,(H,33,34)(H,36,37)/t25-,28+/m1/s1. The topological polar surface area (TPSA) is 93.2 Å². The van der Waals surface area contributed by atoms with Crippen LogP contribution in [0.3, 0.4) is 0 Å². The molecule has 4 heterocycles. The molecule has 9 heteroatoms. The van der Waals surface area contributed by atoms with Gasteiger partial charge in [0.25, 0.3) is 0 Å². The van der Waals surface area contributed by atoms with Gasteiger partial charge in [0.1, 0.15) is 11.9 Å². The summed E-state index contributed by atoms with van der Waals surface area (Å²) >= 11 is 0. The van der Waals surface area contributed by atoms with Crippen molar-refractivity contribution in [1.29, 1.82) is 0 Å². The molecule has 0 unspecified atom stereocenters. The highest BCUT2D eigenvalue weighted by Gasteiger charge is 2.37. The number of carboxylic acids is 1. The average Bonchev–Trinajstić information content (AvgIpc) is 3.43. The molecule has 0 bridgehead atoms. The number of aliphatic carboxylic acids is 1. The number of halogens is 1. The van der Waals surface area contributed by atoms with E-state index in [2.05, 4.69) is 17.4 Å². The summed E-state index contributed by atoms with van der Waals surface area (Å²) in [5.74, 6) is -0.309. The normalized spacial score (nSPS) is 20.6. The number of rotatable bonds is 12. The van der Waals surface area contributed by atoms with Crippen molar-refractivity contribution in [3.63, 3.8) is 0 Å². The number of carboxylic acid groups (broad SMARTS) is 1. The molecule has 0 spiro atoms. The third-order valence-electron chi connectivity index (χ3n) is 8.44. The maximum absolute atomic E-state index is 15.1. The van der Waals surface area contributed by atoms with Crippen LogP contribution in [0.15, 0.2) is 24.3 Å². The third kappa shape index (κ3) is 6.93. The molecule has 40 heavy (non-hydrogen) atoms. The molecule has 5 rings (SSSR count). The van der Waals surface area contributed by atoms with Crippen molar-refractivity contribution in [2.75, 3.05) is 51.9 Å². The van der Waals surface area contributed by atoms with E-state index in [-0.39, 0.29) is 17.8 Å². The fourth-order valence-corrected chi connectivity index (χ4v) is 6.28. The van der Waals surface area contributed by atoms with E-state index in [9.17, 15) is 9.90 Å². The van der Waals surface area contributed by atoms with Crippen LogP contribution in [-0.4, -0.2) is 73.6 Å². The van der Waals surface area contributed by atoms with E-state index >= 15 is 4.39 Å². The molecule has 2 aromatic rings.